The lowest BCUT2D eigenvalue weighted by molar-refractivity contribution is -0.0282. The van der Waals surface area contributed by atoms with Crippen molar-refractivity contribution in [3.8, 4) is 0 Å². The average Bonchev–Trinajstić information content (AvgIpc) is 2.34. The number of amides is 1. The Bertz CT molecular complexity index is 389. The molecule has 1 amide bonds. The fourth-order valence-electron chi connectivity index (χ4n) is 2.31. The Hall–Kier alpha value is -1.46. The van der Waals surface area contributed by atoms with Crippen LogP contribution >= 0.6 is 0 Å². The molecule has 0 bridgehead atoms. The number of likely N-dealkylation sites (tertiary alicyclic amines) is 1. The molecule has 0 unspecified atom stereocenters. The lowest BCUT2D eigenvalue weighted by atomic mass is 9.82. The van der Waals surface area contributed by atoms with Crippen molar-refractivity contribution in [1.82, 2.24) is 4.90 Å². The molecular weight excluding hydrogens is 260 g/mol. The van der Waals surface area contributed by atoms with Crippen LogP contribution in [0.1, 0.15) is 40.5 Å². The van der Waals surface area contributed by atoms with Gasteiger partial charge in [-0.2, -0.15) is 0 Å². The molecule has 0 saturated carbocycles. The zero-order chi connectivity index (χ0) is 15.4. The number of azide groups is 1. The van der Waals surface area contributed by atoms with Crippen LogP contribution in [0, 0.1) is 5.92 Å². The first-order valence-corrected chi connectivity index (χ1v) is 6.87. The molecule has 0 radical (unpaired) electrons. The van der Waals surface area contributed by atoms with E-state index in [4.69, 9.17) is 10.3 Å². The number of rotatable bonds is 3. The van der Waals surface area contributed by atoms with Gasteiger partial charge in [-0.3, -0.25) is 0 Å². The predicted molar refractivity (Wildman–Crippen MR) is 75.2 cm³/mol. The Labute approximate surface area is 119 Å². The minimum atomic E-state index is -1.02. The van der Waals surface area contributed by atoms with Crippen LogP contribution in [-0.2, 0) is 4.74 Å². The molecule has 0 aromatic carbocycles. The summed E-state index contributed by atoms with van der Waals surface area (Å²) in [5, 5.41) is 13.7. The summed E-state index contributed by atoms with van der Waals surface area (Å²) in [5.74, 6) is 0.0201. The third-order valence-electron chi connectivity index (χ3n) is 3.48. The van der Waals surface area contributed by atoms with Gasteiger partial charge in [0.2, 0.25) is 0 Å². The van der Waals surface area contributed by atoms with Gasteiger partial charge in [0.05, 0.1) is 12.1 Å². The molecule has 0 spiro atoms. The van der Waals surface area contributed by atoms with Crippen LogP contribution in [0.15, 0.2) is 5.11 Å². The van der Waals surface area contributed by atoms with Gasteiger partial charge in [0.1, 0.15) is 5.60 Å². The summed E-state index contributed by atoms with van der Waals surface area (Å²) in [7, 11) is 0. The van der Waals surface area contributed by atoms with Gasteiger partial charge < -0.3 is 14.7 Å². The van der Waals surface area contributed by atoms with E-state index in [1.807, 2.05) is 20.8 Å². The molecule has 1 heterocycles. The quantitative estimate of drug-likeness (QED) is 0.490. The van der Waals surface area contributed by atoms with E-state index in [-0.39, 0.29) is 18.6 Å². The molecule has 1 saturated heterocycles. The van der Waals surface area contributed by atoms with Gasteiger partial charge in [-0.05, 0) is 52.0 Å². The summed E-state index contributed by atoms with van der Waals surface area (Å²) in [6, 6.07) is 0. The zero-order valence-electron chi connectivity index (χ0n) is 12.7. The van der Waals surface area contributed by atoms with Crippen molar-refractivity contribution in [2.45, 2.75) is 51.7 Å². The minimum Gasteiger partial charge on any atom is -0.444 e. The van der Waals surface area contributed by atoms with E-state index in [1.165, 1.54) is 0 Å². The summed E-state index contributed by atoms with van der Waals surface area (Å²) < 4.78 is 5.32. The maximum Gasteiger partial charge on any atom is 0.410 e. The van der Waals surface area contributed by atoms with Crippen molar-refractivity contribution in [1.29, 1.82) is 0 Å². The van der Waals surface area contributed by atoms with Crippen molar-refractivity contribution in [2.75, 3.05) is 19.6 Å². The summed E-state index contributed by atoms with van der Waals surface area (Å²) in [5.41, 5.74) is 6.81. The van der Waals surface area contributed by atoms with Crippen LogP contribution < -0.4 is 0 Å². The second kappa shape index (κ2) is 6.33. The van der Waals surface area contributed by atoms with Gasteiger partial charge in [0.25, 0.3) is 0 Å². The molecule has 7 nitrogen and oxygen atoms in total. The Balaban J connectivity index is 2.51. The Kier molecular flexibility index (Phi) is 5.25. The number of carbonyl (C=O) groups is 1. The van der Waals surface area contributed by atoms with Crippen LogP contribution in [0.3, 0.4) is 0 Å². The van der Waals surface area contributed by atoms with E-state index in [0.29, 0.717) is 25.9 Å². The van der Waals surface area contributed by atoms with Crippen molar-refractivity contribution in [3.05, 3.63) is 10.4 Å². The molecule has 1 fully saturated rings. The number of hydrogen-bond acceptors (Lipinski definition) is 4. The van der Waals surface area contributed by atoms with Crippen LogP contribution in [-0.4, -0.2) is 46.9 Å². The summed E-state index contributed by atoms with van der Waals surface area (Å²) in [6.07, 6.45) is 1.03. The molecule has 1 N–H and O–H groups in total. The SMILES string of the molecule is CC(C)(C)OC(=O)N1CCC([C@](C)(O)CN=[N+]=[N-])CC1. The molecule has 1 rings (SSSR count). The summed E-state index contributed by atoms with van der Waals surface area (Å²) in [6.45, 7) is 8.33. The molecular formula is C13H24N4O3. The Morgan fingerprint density at radius 2 is 1.95 bits per heavy atom. The maximum absolute atomic E-state index is 11.9. The van der Waals surface area contributed by atoms with Crippen LogP contribution in [0.5, 0.6) is 0 Å². The first kappa shape index (κ1) is 16.6. The van der Waals surface area contributed by atoms with E-state index in [9.17, 15) is 9.90 Å². The number of carbonyl (C=O) groups excluding carboxylic acids is 1. The van der Waals surface area contributed by atoms with Gasteiger partial charge in [0, 0.05) is 18.0 Å². The van der Waals surface area contributed by atoms with Gasteiger partial charge in [-0.25, -0.2) is 4.79 Å². The number of hydrogen-bond donors (Lipinski definition) is 1. The summed E-state index contributed by atoms with van der Waals surface area (Å²) in [4.78, 5) is 16.3. The highest BCUT2D eigenvalue weighted by Gasteiger charge is 2.35. The number of aliphatic hydroxyl groups is 1. The third-order valence-corrected chi connectivity index (χ3v) is 3.48. The van der Waals surface area contributed by atoms with E-state index < -0.39 is 11.2 Å². The predicted octanol–water partition coefficient (Wildman–Crippen LogP) is 2.69. The second-order valence-corrected chi connectivity index (χ2v) is 6.49. The number of nitrogens with zero attached hydrogens (tertiary/aromatic N) is 4. The van der Waals surface area contributed by atoms with Crippen LogP contribution in [0.2, 0.25) is 0 Å². The molecule has 1 atom stereocenters. The average molecular weight is 284 g/mol. The van der Waals surface area contributed by atoms with Gasteiger partial charge >= 0.3 is 6.09 Å². The molecule has 1 aliphatic rings. The normalized spacial score (nSPS) is 19.9. The molecule has 114 valence electrons. The largest absolute Gasteiger partial charge is 0.444 e. The van der Waals surface area contributed by atoms with Crippen molar-refractivity contribution in [2.24, 2.45) is 11.0 Å². The highest BCUT2D eigenvalue weighted by Crippen LogP contribution is 2.29. The number of piperidine rings is 1. The lowest BCUT2D eigenvalue weighted by Crippen LogP contribution is -2.47. The van der Waals surface area contributed by atoms with Crippen molar-refractivity contribution < 1.29 is 14.6 Å². The molecule has 20 heavy (non-hydrogen) atoms. The van der Waals surface area contributed by atoms with Crippen LogP contribution in [0.4, 0.5) is 4.79 Å². The first-order chi connectivity index (χ1) is 9.15. The van der Waals surface area contributed by atoms with Gasteiger partial charge in [0.15, 0.2) is 0 Å². The van der Waals surface area contributed by atoms with Crippen molar-refractivity contribution in [3.63, 3.8) is 0 Å². The Morgan fingerprint density at radius 3 is 2.40 bits per heavy atom. The molecule has 0 aromatic rings. The monoisotopic (exact) mass is 284 g/mol. The van der Waals surface area contributed by atoms with Crippen molar-refractivity contribution >= 4 is 6.09 Å². The highest BCUT2D eigenvalue weighted by atomic mass is 16.6. The van der Waals surface area contributed by atoms with E-state index in [2.05, 4.69) is 10.0 Å². The number of ether oxygens (including phenoxy) is 1. The fourth-order valence-corrected chi connectivity index (χ4v) is 2.31. The fraction of sp³-hybridized carbons (Fsp3) is 0.923. The molecule has 0 aliphatic carbocycles. The van der Waals surface area contributed by atoms with E-state index >= 15 is 0 Å². The maximum atomic E-state index is 11.9. The standard InChI is InChI=1S/C13H24N4O3/c1-12(2,3)20-11(18)17-7-5-10(6-8-17)13(4,19)9-15-16-14/h10,19H,5-9H2,1-4H3/t13-/m1/s1. The van der Waals surface area contributed by atoms with Crippen LogP contribution in [0.25, 0.3) is 10.4 Å². The van der Waals surface area contributed by atoms with E-state index in [1.54, 1.807) is 11.8 Å². The van der Waals surface area contributed by atoms with Gasteiger partial charge in [-0.15, -0.1) is 0 Å². The minimum absolute atomic E-state index is 0.0201. The molecule has 0 aromatic heterocycles. The first-order valence-electron chi connectivity index (χ1n) is 6.87. The smallest absolute Gasteiger partial charge is 0.410 e. The third kappa shape index (κ3) is 4.90. The van der Waals surface area contributed by atoms with Gasteiger partial charge in [-0.1, -0.05) is 5.11 Å². The van der Waals surface area contributed by atoms with E-state index in [0.717, 1.165) is 0 Å². The molecule has 7 heteroatoms. The summed E-state index contributed by atoms with van der Waals surface area (Å²) >= 11 is 0. The highest BCUT2D eigenvalue weighted by molar-refractivity contribution is 5.68. The lowest BCUT2D eigenvalue weighted by Gasteiger charge is -2.39. The topological polar surface area (TPSA) is 98.5 Å². The molecule has 1 aliphatic heterocycles. The Morgan fingerprint density at radius 1 is 1.40 bits per heavy atom. The zero-order valence-corrected chi connectivity index (χ0v) is 12.7. The second-order valence-electron chi connectivity index (χ2n) is 6.49.